The van der Waals surface area contributed by atoms with Gasteiger partial charge >= 0.3 is 18.2 Å². The first kappa shape index (κ1) is 22.4. The minimum Gasteiger partial charge on any atom is -0.463 e. The molecule has 2 aromatic rings. The highest BCUT2D eigenvalue weighted by Gasteiger charge is 2.30. The van der Waals surface area contributed by atoms with Gasteiger partial charge in [-0.2, -0.15) is 13.2 Å². The lowest BCUT2D eigenvalue weighted by Crippen LogP contribution is -2.49. The van der Waals surface area contributed by atoms with Crippen LogP contribution in [0, 0.1) is 0 Å². The summed E-state index contributed by atoms with van der Waals surface area (Å²) >= 11 is 0. The van der Waals surface area contributed by atoms with Gasteiger partial charge in [-0.25, -0.2) is 9.59 Å². The molecule has 0 atom stereocenters. The summed E-state index contributed by atoms with van der Waals surface area (Å²) in [5.41, 5.74) is 0.906. The third-order valence-corrected chi connectivity index (χ3v) is 4.76. The van der Waals surface area contributed by atoms with Crippen LogP contribution in [0.4, 0.5) is 23.7 Å². The maximum Gasteiger partial charge on any atom is 0.416 e. The molecule has 1 aliphatic heterocycles. The fourth-order valence-corrected chi connectivity index (χ4v) is 3.16. The van der Waals surface area contributed by atoms with Crippen LogP contribution in [0.25, 0.3) is 11.3 Å². The Balaban J connectivity index is 1.56. The number of carbonyl (C=O) groups excluding carboxylic acids is 2. The maximum atomic E-state index is 12.9. The van der Waals surface area contributed by atoms with Crippen molar-refractivity contribution in [1.82, 2.24) is 9.88 Å². The first-order valence-corrected chi connectivity index (χ1v) is 9.74. The molecule has 0 N–H and O–H groups in total. The van der Waals surface area contributed by atoms with Crippen LogP contribution in [0.3, 0.4) is 0 Å². The molecule has 1 aromatic carbocycles. The number of piperazine rings is 1. The number of anilines is 1. The van der Waals surface area contributed by atoms with Crippen LogP contribution in [0.5, 0.6) is 0 Å². The number of nitrogens with zero attached hydrogens (tertiary/aromatic N) is 3. The average molecular weight is 437 g/mol. The summed E-state index contributed by atoms with van der Waals surface area (Å²) in [7, 11) is 0. The lowest BCUT2D eigenvalue weighted by Gasteiger charge is -2.35. The minimum absolute atomic E-state index is 0.218. The van der Waals surface area contributed by atoms with Crippen LogP contribution in [0.1, 0.15) is 12.5 Å². The molecular formula is C21H22F3N3O4. The van der Waals surface area contributed by atoms with E-state index in [0.29, 0.717) is 37.4 Å². The predicted molar refractivity (Wildman–Crippen MR) is 106 cm³/mol. The molecule has 1 aliphatic rings. The molecule has 0 unspecified atom stereocenters. The van der Waals surface area contributed by atoms with E-state index >= 15 is 0 Å². The highest BCUT2D eigenvalue weighted by molar-refractivity contribution is 5.75. The molecule has 1 amide bonds. The lowest BCUT2D eigenvalue weighted by molar-refractivity contribution is -0.146. The third kappa shape index (κ3) is 5.87. The van der Waals surface area contributed by atoms with Gasteiger partial charge in [0.05, 0.1) is 29.7 Å². The Kier molecular flexibility index (Phi) is 6.98. The van der Waals surface area contributed by atoms with Gasteiger partial charge in [-0.1, -0.05) is 12.1 Å². The molecule has 2 heterocycles. The highest BCUT2D eigenvalue weighted by atomic mass is 19.4. The Bertz CT molecular complexity index is 911. The molecule has 7 nitrogen and oxygen atoms in total. The average Bonchev–Trinajstić information content (AvgIpc) is 2.77. The van der Waals surface area contributed by atoms with Crippen LogP contribution in [0.2, 0.25) is 0 Å². The van der Waals surface area contributed by atoms with Crippen molar-refractivity contribution in [2.75, 3.05) is 44.3 Å². The number of alkyl halides is 3. The maximum absolute atomic E-state index is 12.9. The van der Waals surface area contributed by atoms with Crippen molar-refractivity contribution in [2.24, 2.45) is 0 Å². The van der Waals surface area contributed by atoms with E-state index in [4.69, 9.17) is 9.47 Å². The second-order valence-electron chi connectivity index (χ2n) is 6.81. The van der Waals surface area contributed by atoms with Gasteiger partial charge in [0.25, 0.3) is 0 Å². The number of aromatic nitrogens is 1. The SMILES string of the molecule is CCOC(=O)COC(=O)N1CCN(c2ccc(-c3cccc(C(F)(F)F)c3)nc2)CC1. The summed E-state index contributed by atoms with van der Waals surface area (Å²) < 4.78 is 48.4. The smallest absolute Gasteiger partial charge is 0.416 e. The fourth-order valence-electron chi connectivity index (χ4n) is 3.16. The summed E-state index contributed by atoms with van der Waals surface area (Å²) in [5.74, 6) is -0.596. The van der Waals surface area contributed by atoms with Crippen molar-refractivity contribution in [3.05, 3.63) is 48.2 Å². The number of benzene rings is 1. The number of carbonyl (C=O) groups is 2. The largest absolute Gasteiger partial charge is 0.463 e. The summed E-state index contributed by atoms with van der Waals surface area (Å²) in [6.45, 7) is 3.32. The number of ether oxygens (including phenoxy) is 2. The molecule has 31 heavy (non-hydrogen) atoms. The second-order valence-corrected chi connectivity index (χ2v) is 6.81. The summed E-state index contributed by atoms with van der Waals surface area (Å²) in [6.07, 6.45) is -3.39. The standard InChI is InChI=1S/C21H22F3N3O4/c1-2-30-19(28)14-31-20(29)27-10-8-26(9-11-27)17-6-7-18(25-13-17)15-4-3-5-16(12-15)21(22,23)24/h3-7,12-13H,2,8-11,14H2,1H3. The Hall–Kier alpha value is -3.30. The molecule has 10 heteroatoms. The van der Waals surface area contributed by atoms with Crippen LogP contribution >= 0.6 is 0 Å². The topological polar surface area (TPSA) is 72.0 Å². The van der Waals surface area contributed by atoms with Crippen molar-refractivity contribution in [3.8, 4) is 11.3 Å². The van der Waals surface area contributed by atoms with Gasteiger partial charge in [0, 0.05) is 31.7 Å². The van der Waals surface area contributed by atoms with Gasteiger partial charge in [-0.3, -0.25) is 4.98 Å². The van der Waals surface area contributed by atoms with E-state index in [2.05, 4.69) is 4.98 Å². The molecule has 3 rings (SSSR count). The van der Waals surface area contributed by atoms with Crippen LogP contribution in [0.15, 0.2) is 42.6 Å². The van der Waals surface area contributed by atoms with Crippen molar-refractivity contribution >= 4 is 17.7 Å². The van der Waals surface area contributed by atoms with Crippen LogP contribution in [-0.4, -0.2) is 61.3 Å². The second kappa shape index (κ2) is 9.67. The van der Waals surface area contributed by atoms with E-state index in [1.807, 2.05) is 4.90 Å². The van der Waals surface area contributed by atoms with Gasteiger partial charge < -0.3 is 19.3 Å². The Labute approximate surface area is 177 Å². The van der Waals surface area contributed by atoms with Crippen LogP contribution in [-0.2, 0) is 20.4 Å². The number of hydrogen-bond donors (Lipinski definition) is 0. The van der Waals surface area contributed by atoms with Gasteiger partial charge in [-0.15, -0.1) is 0 Å². The molecule has 1 aromatic heterocycles. The molecule has 1 fully saturated rings. The number of hydrogen-bond acceptors (Lipinski definition) is 6. The Morgan fingerprint density at radius 1 is 1.06 bits per heavy atom. The Morgan fingerprint density at radius 3 is 2.42 bits per heavy atom. The molecule has 1 saturated heterocycles. The molecule has 0 spiro atoms. The molecule has 166 valence electrons. The number of amides is 1. The van der Waals surface area contributed by atoms with Crippen molar-refractivity contribution in [2.45, 2.75) is 13.1 Å². The van der Waals surface area contributed by atoms with E-state index in [9.17, 15) is 22.8 Å². The summed E-state index contributed by atoms with van der Waals surface area (Å²) in [5, 5.41) is 0. The van der Waals surface area contributed by atoms with Crippen molar-refractivity contribution in [1.29, 1.82) is 0 Å². The highest BCUT2D eigenvalue weighted by Crippen LogP contribution is 2.32. The van der Waals surface area contributed by atoms with Gasteiger partial charge in [0.15, 0.2) is 6.61 Å². The van der Waals surface area contributed by atoms with E-state index in [-0.39, 0.29) is 6.61 Å². The molecular weight excluding hydrogens is 415 g/mol. The molecule has 0 radical (unpaired) electrons. The first-order chi connectivity index (χ1) is 14.8. The normalized spacial score (nSPS) is 14.3. The zero-order valence-corrected chi connectivity index (χ0v) is 16.9. The minimum atomic E-state index is -4.41. The van der Waals surface area contributed by atoms with Gasteiger partial charge in [-0.05, 0) is 31.2 Å². The van der Waals surface area contributed by atoms with E-state index in [1.165, 1.54) is 11.0 Å². The summed E-state index contributed by atoms with van der Waals surface area (Å²) in [6, 6.07) is 8.49. The molecule has 0 aliphatic carbocycles. The van der Waals surface area contributed by atoms with E-state index in [0.717, 1.165) is 17.8 Å². The van der Waals surface area contributed by atoms with E-state index < -0.39 is 30.4 Å². The Morgan fingerprint density at radius 2 is 1.81 bits per heavy atom. The number of rotatable bonds is 5. The summed E-state index contributed by atoms with van der Waals surface area (Å²) in [4.78, 5) is 31.1. The zero-order valence-electron chi connectivity index (χ0n) is 16.9. The third-order valence-electron chi connectivity index (χ3n) is 4.76. The van der Waals surface area contributed by atoms with E-state index in [1.54, 1.807) is 31.3 Å². The van der Waals surface area contributed by atoms with Gasteiger partial charge in [0.1, 0.15) is 0 Å². The quantitative estimate of drug-likeness (QED) is 0.666. The lowest BCUT2D eigenvalue weighted by atomic mass is 10.1. The predicted octanol–water partition coefficient (Wildman–Crippen LogP) is 3.59. The molecule has 0 saturated carbocycles. The van der Waals surface area contributed by atoms with Gasteiger partial charge in [0.2, 0.25) is 0 Å². The number of pyridine rings is 1. The van der Waals surface area contributed by atoms with Crippen molar-refractivity contribution < 1.29 is 32.2 Å². The first-order valence-electron chi connectivity index (χ1n) is 9.74. The number of halogens is 3. The fraction of sp³-hybridized carbons (Fsp3) is 0.381. The molecule has 0 bridgehead atoms. The monoisotopic (exact) mass is 437 g/mol. The zero-order chi connectivity index (χ0) is 22.4. The number of esters is 1. The van der Waals surface area contributed by atoms with Crippen LogP contribution < -0.4 is 4.90 Å². The van der Waals surface area contributed by atoms with Crippen molar-refractivity contribution in [3.63, 3.8) is 0 Å².